The maximum Gasteiger partial charge on any atom is 0.454 e. The molecule has 2 N–H and O–H groups in total. The largest absolute Gasteiger partial charge is 0.454 e. The van der Waals surface area contributed by atoms with Crippen LogP contribution < -0.4 is 0 Å². The third kappa shape index (κ3) is 7.09. The van der Waals surface area contributed by atoms with E-state index in [1.165, 1.54) is 25.7 Å². The third-order valence-corrected chi connectivity index (χ3v) is 2.62. The molecule has 0 bridgehead atoms. The number of unbranched alkanes of at least 4 members (excludes halogenated alkanes) is 4. The van der Waals surface area contributed by atoms with E-state index in [4.69, 9.17) is 10.0 Å². The second-order valence-electron chi connectivity index (χ2n) is 3.78. The van der Waals surface area contributed by atoms with Crippen molar-refractivity contribution in [2.75, 3.05) is 0 Å². The number of rotatable bonds is 8. The molecular weight excluding hydrogens is 163 g/mol. The zero-order chi connectivity index (χ0) is 10.1. The molecule has 1 unspecified atom stereocenters. The molecule has 0 amide bonds. The number of hydrogen-bond donors (Lipinski definition) is 2. The highest BCUT2D eigenvalue weighted by atomic mass is 16.4. The Labute approximate surface area is 82.5 Å². The zero-order valence-corrected chi connectivity index (χ0v) is 9.00. The molecule has 0 heterocycles. The van der Waals surface area contributed by atoms with Crippen molar-refractivity contribution >= 4 is 7.12 Å². The highest BCUT2D eigenvalue weighted by Crippen LogP contribution is 2.20. The summed E-state index contributed by atoms with van der Waals surface area (Å²) in [5, 5.41) is 17.9. The van der Waals surface area contributed by atoms with Crippen LogP contribution in [0.3, 0.4) is 0 Å². The lowest BCUT2D eigenvalue weighted by Gasteiger charge is -2.12. The van der Waals surface area contributed by atoms with Gasteiger partial charge in [-0.25, -0.2) is 0 Å². The second kappa shape index (κ2) is 8.58. The summed E-state index contributed by atoms with van der Waals surface area (Å²) in [5.41, 5.74) is 0. The van der Waals surface area contributed by atoms with Crippen molar-refractivity contribution in [1.82, 2.24) is 0 Å². The predicted octanol–water partition coefficient (Wildman–Crippen LogP) is 2.60. The van der Waals surface area contributed by atoms with Gasteiger partial charge in [0, 0.05) is 0 Å². The van der Waals surface area contributed by atoms with Gasteiger partial charge in [0.05, 0.1) is 0 Å². The molecule has 0 aliphatic heterocycles. The van der Waals surface area contributed by atoms with E-state index in [1.807, 2.05) is 6.92 Å². The minimum Gasteiger partial charge on any atom is -0.427 e. The quantitative estimate of drug-likeness (QED) is 0.451. The van der Waals surface area contributed by atoms with Gasteiger partial charge in [-0.15, -0.1) is 0 Å². The average Bonchev–Trinajstić information content (AvgIpc) is 2.10. The maximum absolute atomic E-state index is 8.97. The Morgan fingerprint density at radius 2 is 1.62 bits per heavy atom. The first kappa shape index (κ1) is 13.0. The first-order valence-corrected chi connectivity index (χ1v) is 5.58. The fraction of sp³-hybridized carbons (Fsp3) is 1.00. The summed E-state index contributed by atoms with van der Waals surface area (Å²) in [4.78, 5) is 0. The SMILES string of the molecule is CCCCCCCC(CC)B(O)O. The molecule has 0 aromatic rings. The molecule has 1 atom stereocenters. The van der Waals surface area contributed by atoms with Crippen LogP contribution in [0.15, 0.2) is 0 Å². The first-order chi connectivity index (χ1) is 6.22. The van der Waals surface area contributed by atoms with Crippen LogP contribution in [0.5, 0.6) is 0 Å². The highest BCUT2D eigenvalue weighted by molar-refractivity contribution is 6.43. The molecular formula is C10H23BO2. The van der Waals surface area contributed by atoms with Gasteiger partial charge < -0.3 is 10.0 Å². The molecule has 0 saturated carbocycles. The van der Waals surface area contributed by atoms with Gasteiger partial charge in [-0.2, -0.15) is 0 Å². The molecule has 0 rings (SSSR count). The van der Waals surface area contributed by atoms with E-state index in [0.717, 1.165) is 19.3 Å². The fourth-order valence-corrected chi connectivity index (χ4v) is 1.57. The monoisotopic (exact) mass is 186 g/mol. The van der Waals surface area contributed by atoms with E-state index in [2.05, 4.69) is 6.92 Å². The van der Waals surface area contributed by atoms with Crippen molar-refractivity contribution in [1.29, 1.82) is 0 Å². The van der Waals surface area contributed by atoms with Gasteiger partial charge in [-0.05, 0) is 5.82 Å². The van der Waals surface area contributed by atoms with Gasteiger partial charge in [0.2, 0.25) is 0 Å². The van der Waals surface area contributed by atoms with E-state index in [-0.39, 0.29) is 5.82 Å². The highest BCUT2D eigenvalue weighted by Gasteiger charge is 2.20. The zero-order valence-electron chi connectivity index (χ0n) is 9.00. The minimum absolute atomic E-state index is 0.0848. The van der Waals surface area contributed by atoms with E-state index >= 15 is 0 Å². The summed E-state index contributed by atoms with van der Waals surface area (Å²) < 4.78 is 0. The second-order valence-corrected chi connectivity index (χ2v) is 3.78. The summed E-state index contributed by atoms with van der Waals surface area (Å²) >= 11 is 0. The Hall–Kier alpha value is -0.0151. The van der Waals surface area contributed by atoms with Crippen molar-refractivity contribution in [3.8, 4) is 0 Å². The predicted molar refractivity (Wildman–Crippen MR) is 57.6 cm³/mol. The first-order valence-electron chi connectivity index (χ1n) is 5.58. The van der Waals surface area contributed by atoms with Crippen molar-refractivity contribution in [3.63, 3.8) is 0 Å². The van der Waals surface area contributed by atoms with Crippen LogP contribution in [0.1, 0.15) is 58.8 Å². The van der Waals surface area contributed by atoms with E-state index in [0.29, 0.717) is 0 Å². The van der Waals surface area contributed by atoms with Gasteiger partial charge in [0.15, 0.2) is 0 Å². The number of hydrogen-bond acceptors (Lipinski definition) is 2. The summed E-state index contributed by atoms with van der Waals surface area (Å²) in [6.45, 7) is 4.21. The van der Waals surface area contributed by atoms with Crippen molar-refractivity contribution < 1.29 is 10.0 Å². The Bertz CT molecular complexity index is 107. The van der Waals surface area contributed by atoms with Crippen LogP contribution in [0.4, 0.5) is 0 Å². The summed E-state index contributed by atoms with van der Waals surface area (Å²) in [7, 11) is -1.11. The van der Waals surface area contributed by atoms with Gasteiger partial charge in [-0.1, -0.05) is 58.8 Å². The lowest BCUT2D eigenvalue weighted by Crippen LogP contribution is -2.19. The van der Waals surface area contributed by atoms with Crippen LogP contribution in [-0.4, -0.2) is 17.2 Å². The molecule has 2 nitrogen and oxygen atoms in total. The molecule has 0 aromatic carbocycles. The fourth-order valence-electron chi connectivity index (χ4n) is 1.57. The summed E-state index contributed by atoms with van der Waals surface area (Å²) in [6.07, 6.45) is 8.04. The molecule has 0 radical (unpaired) electrons. The van der Waals surface area contributed by atoms with Gasteiger partial charge in [-0.3, -0.25) is 0 Å². The molecule has 78 valence electrons. The topological polar surface area (TPSA) is 40.5 Å². The lowest BCUT2D eigenvalue weighted by molar-refractivity contribution is 0.372. The normalized spacial score (nSPS) is 12.9. The molecule has 0 saturated heterocycles. The summed E-state index contributed by atoms with van der Waals surface area (Å²) in [6, 6.07) is 0. The van der Waals surface area contributed by atoms with Crippen molar-refractivity contribution in [3.05, 3.63) is 0 Å². The average molecular weight is 186 g/mol. The molecule has 0 aliphatic rings. The van der Waals surface area contributed by atoms with Crippen molar-refractivity contribution in [2.24, 2.45) is 0 Å². The smallest absolute Gasteiger partial charge is 0.427 e. The minimum atomic E-state index is -1.11. The maximum atomic E-state index is 8.97. The van der Waals surface area contributed by atoms with Gasteiger partial charge in [0.25, 0.3) is 0 Å². The van der Waals surface area contributed by atoms with Gasteiger partial charge >= 0.3 is 7.12 Å². The van der Waals surface area contributed by atoms with Crippen LogP contribution in [-0.2, 0) is 0 Å². The molecule has 0 fully saturated rings. The van der Waals surface area contributed by atoms with Crippen LogP contribution in [0.25, 0.3) is 0 Å². The standard InChI is InChI=1S/C10H23BO2/c1-3-5-6-7-8-9-10(4-2)11(12)13/h10,12-13H,3-9H2,1-2H3. The molecule has 0 spiro atoms. The Kier molecular flexibility index (Phi) is 8.57. The third-order valence-electron chi connectivity index (χ3n) is 2.62. The van der Waals surface area contributed by atoms with E-state index < -0.39 is 7.12 Å². The summed E-state index contributed by atoms with van der Waals surface area (Å²) in [5.74, 6) is 0.0848. The lowest BCUT2D eigenvalue weighted by atomic mass is 9.68. The Morgan fingerprint density at radius 3 is 2.08 bits per heavy atom. The Morgan fingerprint density at radius 1 is 1.00 bits per heavy atom. The molecule has 0 aromatic heterocycles. The van der Waals surface area contributed by atoms with Crippen LogP contribution in [0.2, 0.25) is 5.82 Å². The van der Waals surface area contributed by atoms with E-state index in [1.54, 1.807) is 0 Å². The van der Waals surface area contributed by atoms with Crippen molar-refractivity contribution in [2.45, 2.75) is 64.6 Å². The Balaban J connectivity index is 3.28. The van der Waals surface area contributed by atoms with Crippen LogP contribution >= 0.6 is 0 Å². The molecule has 0 aliphatic carbocycles. The molecule has 3 heteroatoms. The van der Waals surface area contributed by atoms with Gasteiger partial charge in [0.1, 0.15) is 0 Å². The van der Waals surface area contributed by atoms with E-state index in [9.17, 15) is 0 Å². The molecule has 13 heavy (non-hydrogen) atoms. The van der Waals surface area contributed by atoms with Crippen LogP contribution in [0, 0.1) is 0 Å².